The first kappa shape index (κ1) is 9.98. The molecule has 0 radical (unpaired) electrons. The number of carbonyl (C=O) groups excluding carboxylic acids is 1. The quantitative estimate of drug-likeness (QED) is 0.829. The van der Waals surface area contributed by atoms with Gasteiger partial charge in [0.25, 0.3) is 0 Å². The van der Waals surface area contributed by atoms with E-state index in [2.05, 4.69) is 28.9 Å². The fourth-order valence-corrected chi connectivity index (χ4v) is 2.18. The van der Waals surface area contributed by atoms with Gasteiger partial charge in [0.2, 0.25) is 5.91 Å². The summed E-state index contributed by atoms with van der Waals surface area (Å²) in [5.74, 6) is -0.279. The second-order valence-electron chi connectivity index (χ2n) is 3.32. The number of carbonyl (C=O) groups is 1. The van der Waals surface area contributed by atoms with E-state index in [0.29, 0.717) is 13.0 Å². The van der Waals surface area contributed by atoms with Crippen LogP contribution in [0.5, 0.6) is 0 Å². The zero-order valence-corrected chi connectivity index (χ0v) is 9.01. The summed E-state index contributed by atoms with van der Waals surface area (Å²) in [6.45, 7) is 0.588. The van der Waals surface area contributed by atoms with Gasteiger partial charge < -0.3 is 11.1 Å². The van der Waals surface area contributed by atoms with Gasteiger partial charge in [0.1, 0.15) is 0 Å². The average molecular weight is 220 g/mol. The maximum atomic E-state index is 10.5. The zero-order valence-electron chi connectivity index (χ0n) is 8.19. The lowest BCUT2D eigenvalue weighted by Gasteiger charge is -2.04. The number of fused-ring (bicyclic) bond motifs is 1. The molecule has 0 spiro atoms. The van der Waals surface area contributed by atoms with Crippen molar-refractivity contribution in [2.75, 3.05) is 11.9 Å². The average Bonchev–Trinajstić information content (AvgIpc) is 2.64. The third-order valence-corrected chi connectivity index (χ3v) is 3.05. The molecule has 15 heavy (non-hydrogen) atoms. The first-order chi connectivity index (χ1) is 7.25. The predicted octanol–water partition coefficient (Wildman–Crippen LogP) is 2.19. The molecule has 4 heteroatoms. The Hall–Kier alpha value is -1.55. The van der Waals surface area contributed by atoms with Crippen LogP contribution in [0.1, 0.15) is 6.42 Å². The molecule has 2 rings (SSSR count). The van der Waals surface area contributed by atoms with Crippen molar-refractivity contribution >= 4 is 33.0 Å². The van der Waals surface area contributed by atoms with Crippen molar-refractivity contribution in [3.63, 3.8) is 0 Å². The van der Waals surface area contributed by atoms with Gasteiger partial charge in [-0.15, -0.1) is 11.3 Å². The van der Waals surface area contributed by atoms with Crippen molar-refractivity contribution in [1.82, 2.24) is 0 Å². The normalized spacial score (nSPS) is 10.4. The molecule has 1 aromatic heterocycles. The molecular formula is C11H12N2OS. The van der Waals surface area contributed by atoms with Gasteiger partial charge in [-0.05, 0) is 35.0 Å². The van der Waals surface area contributed by atoms with Crippen LogP contribution >= 0.6 is 11.3 Å². The number of thiophene rings is 1. The van der Waals surface area contributed by atoms with Gasteiger partial charge in [-0.1, -0.05) is 0 Å². The molecule has 0 aliphatic rings. The van der Waals surface area contributed by atoms with Crippen LogP contribution in [0.4, 0.5) is 5.69 Å². The lowest BCUT2D eigenvalue weighted by atomic mass is 10.2. The Balaban J connectivity index is 2.04. The molecule has 1 amide bonds. The number of amides is 1. The monoisotopic (exact) mass is 220 g/mol. The number of benzene rings is 1. The van der Waals surface area contributed by atoms with Crippen molar-refractivity contribution in [3.8, 4) is 0 Å². The van der Waals surface area contributed by atoms with Crippen LogP contribution in [0.15, 0.2) is 29.6 Å². The molecule has 0 atom stereocenters. The molecule has 0 unspecified atom stereocenters. The van der Waals surface area contributed by atoms with Crippen LogP contribution in [0.25, 0.3) is 10.1 Å². The second kappa shape index (κ2) is 4.31. The van der Waals surface area contributed by atoms with Gasteiger partial charge in [0.15, 0.2) is 0 Å². The summed E-state index contributed by atoms with van der Waals surface area (Å²) in [4.78, 5) is 10.5. The number of primary amides is 1. The highest BCUT2D eigenvalue weighted by molar-refractivity contribution is 7.17. The van der Waals surface area contributed by atoms with Crippen molar-refractivity contribution in [2.24, 2.45) is 5.73 Å². The summed E-state index contributed by atoms with van der Waals surface area (Å²) in [6, 6.07) is 8.25. The topological polar surface area (TPSA) is 55.1 Å². The molecule has 3 N–H and O–H groups in total. The van der Waals surface area contributed by atoms with Crippen LogP contribution < -0.4 is 11.1 Å². The van der Waals surface area contributed by atoms with Crippen molar-refractivity contribution in [2.45, 2.75) is 6.42 Å². The van der Waals surface area contributed by atoms with E-state index in [1.54, 1.807) is 11.3 Å². The second-order valence-corrected chi connectivity index (χ2v) is 4.26. The lowest BCUT2D eigenvalue weighted by molar-refractivity contribution is -0.117. The van der Waals surface area contributed by atoms with Gasteiger partial charge in [-0.2, -0.15) is 0 Å². The van der Waals surface area contributed by atoms with Gasteiger partial charge >= 0.3 is 0 Å². The fraction of sp³-hybridized carbons (Fsp3) is 0.182. The Morgan fingerprint density at radius 2 is 2.27 bits per heavy atom. The van der Waals surface area contributed by atoms with E-state index in [-0.39, 0.29) is 5.91 Å². The largest absolute Gasteiger partial charge is 0.385 e. The minimum absolute atomic E-state index is 0.279. The maximum Gasteiger partial charge on any atom is 0.219 e. The minimum atomic E-state index is -0.279. The Labute approximate surface area is 91.9 Å². The summed E-state index contributed by atoms with van der Waals surface area (Å²) < 4.78 is 1.27. The molecule has 0 saturated carbocycles. The molecule has 0 fully saturated rings. The fourth-order valence-electron chi connectivity index (χ4n) is 1.41. The van der Waals surface area contributed by atoms with Crippen molar-refractivity contribution < 1.29 is 4.79 Å². The van der Waals surface area contributed by atoms with E-state index in [0.717, 1.165) is 5.69 Å². The van der Waals surface area contributed by atoms with E-state index in [1.807, 2.05) is 6.07 Å². The number of hydrogen-bond acceptors (Lipinski definition) is 3. The molecule has 0 aliphatic heterocycles. The number of anilines is 1. The minimum Gasteiger partial charge on any atom is -0.385 e. The molecule has 0 saturated heterocycles. The first-order valence-corrected chi connectivity index (χ1v) is 5.63. The molecule has 78 valence electrons. The van der Waals surface area contributed by atoms with Gasteiger partial charge in [0, 0.05) is 23.4 Å². The predicted molar refractivity (Wildman–Crippen MR) is 64.1 cm³/mol. The van der Waals surface area contributed by atoms with E-state index >= 15 is 0 Å². The Kier molecular flexibility index (Phi) is 2.87. The van der Waals surface area contributed by atoms with Crippen LogP contribution in [0.2, 0.25) is 0 Å². The summed E-state index contributed by atoms with van der Waals surface area (Å²) in [7, 11) is 0. The van der Waals surface area contributed by atoms with Crippen LogP contribution in [0.3, 0.4) is 0 Å². The number of hydrogen-bond donors (Lipinski definition) is 2. The third kappa shape index (κ3) is 2.47. The molecular weight excluding hydrogens is 208 g/mol. The van der Waals surface area contributed by atoms with E-state index in [1.165, 1.54) is 10.1 Å². The molecule has 0 aliphatic carbocycles. The number of rotatable bonds is 4. The maximum absolute atomic E-state index is 10.5. The highest BCUT2D eigenvalue weighted by Gasteiger charge is 1.98. The summed E-state index contributed by atoms with van der Waals surface area (Å²) >= 11 is 1.72. The third-order valence-electron chi connectivity index (χ3n) is 2.15. The highest BCUT2D eigenvalue weighted by Crippen LogP contribution is 2.23. The van der Waals surface area contributed by atoms with E-state index in [9.17, 15) is 4.79 Å². The summed E-state index contributed by atoms with van der Waals surface area (Å²) in [5.41, 5.74) is 6.08. The number of nitrogens with one attached hydrogen (secondary N) is 1. The Bertz CT molecular complexity index is 478. The SMILES string of the molecule is NC(=O)CCNc1ccc2sccc2c1. The lowest BCUT2D eigenvalue weighted by Crippen LogP contribution is -2.15. The standard InChI is InChI=1S/C11H12N2OS/c12-11(14)3-5-13-9-1-2-10-8(7-9)4-6-15-10/h1-2,4,6-7,13H,3,5H2,(H2,12,14). The van der Waals surface area contributed by atoms with E-state index < -0.39 is 0 Å². The van der Waals surface area contributed by atoms with Crippen LogP contribution in [-0.4, -0.2) is 12.5 Å². The summed E-state index contributed by atoms with van der Waals surface area (Å²) in [6.07, 6.45) is 0.363. The molecule has 3 nitrogen and oxygen atoms in total. The Morgan fingerprint density at radius 3 is 3.07 bits per heavy atom. The number of nitrogens with two attached hydrogens (primary N) is 1. The molecule has 1 heterocycles. The van der Waals surface area contributed by atoms with E-state index in [4.69, 9.17) is 5.73 Å². The first-order valence-electron chi connectivity index (χ1n) is 4.75. The van der Waals surface area contributed by atoms with Gasteiger partial charge in [0.05, 0.1) is 0 Å². The zero-order chi connectivity index (χ0) is 10.7. The Morgan fingerprint density at radius 1 is 1.40 bits per heavy atom. The van der Waals surface area contributed by atoms with Crippen molar-refractivity contribution in [1.29, 1.82) is 0 Å². The highest BCUT2D eigenvalue weighted by atomic mass is 32.1. The van der Waals surface area contributed by atoms with Gasteiger partial charge in [-0.3, -0.25) is 4.79 Å². The molecule has 2 aromatic rings. The molecule has 1 aromatic carbocycles. The van der Waals surface area contributed by atoms with Crippen LogP contribution in [0, 0.1) is 0 Å². The van der Waals surface area contributed by atoms with Gasteiger partial charge in [-0.25, -0.2) is 0 Å². The van der Waals surface area contributed by atoms with Crippen molar-refractivity contribution in [3.05, 3.63) is 29.6 Å². The van der Waals surface area contributed by atoms with Crippen LogP contribution in [-0.2, 0) is 4.79 Å². The summed E-state index contributed by atoms with van der Waals surface area (Å²) in [5, 5.41) is 6.46. The molecule has 0 bridgehead atoms. The smallest absolute Gasteiger partial charge is 0.219 e.